The van der Waals surface area contributed by atoms with Gasteiger partial charge in [0, 0.05) is 5.56 Å². The molecule has 1 atom stereocenters. The zero-order valence-corrected chi connectivity index (χ0v) is 9.33. The van der Waals surface area contributed by atoms with E-state index in [0.717, 1.165) is 0 Å². The van der Waals surface area contributed by atoms with Crippen LogP contribution in [0.15, 0.2) is 34.9 Å². The molecule has 0 bridgehead atoms. The molecule has 1 aromatic carbocycles. The molecule has 1 N–H and O–H groups in total. The van der Waals surface area contributed by atoms with Gasteiger partial charge in [0.05, 0.1) is 6.26 Å². The Kier molecular flexibility index (Phi) is 2.99. The van der Waals surface area contributed by atoms with Crippen LogP contribution in [0.1, 0.15) is 22.8 Å². The van der Waals surface area contributed by atoms with Gasteiger partial charge in [0.25, 0.3) is 0 Å². The second-order valence-corrected chi connectivity index (χ2v) is 3.90. The van der Waals surface area contributed by atoms with Gasteiger partial charge in [0.1, 0.15) is 11.9 Å². The minimum Gasteiger partial charge on any atom is -0.453 e. The molecule has 0 fully saturated rings. The van der Waals surface area contributed by atoms with Crippen LogP contribution in [0.3, 0.4) is 0 Å². The minimum absolute atomic E-state index is 0.119. The van der Waals surface area contributed by atoms with Crippen molar-refractivity contribution in [3.05, 3.63) is 58.3 Å². The second-order valence-electron chi connectivity index (χ2n) is 3.56. The summed E-state index contributed by atoms with van der Waals surface area (Å²) in [6.45, 7) is 1.66. The number of aryl methyl sites for hydroxylation is 1. The second kappa shape index (κ2) is 4.28. The fourth-order valence-electron chi connectivity index (χ4n) is 1.46. The van der Waals surface area contributed by atoms with Crippen LogP contribution < -0.4 is 0 Å². The first-order valence-electron chi connectivity index (χ1n) is 4.76. The summed E-state index contributed by atoms with van der Waals surface area (Å²) in [5.74, 6) is -0.351. The zero-order chi connectivity index (χ0) is 11.7. The average molecular weight is 241 g/mol. The van der Waals surface area contributed by atoms with E-state index in [-0.39, 0.29) is 11.0 Å². The topological polar surface area (TPSA) is 33.4 Å². The Morgan fingerprint density at radius 1 is 1.38 bits per heavy atom. The summed E-state index contributed by atoms with van der Waals surface area (Å²) in [5.41, 5.74) is 1.42. The molecule has 0 radical (unpaired) electrons. The molecule has 1 aromatic heterocycles. The van der Waals surface area contributed by atoms with Crippen LogP contribution in [0.25, 0.3) is 0 Å². The molecule has 0 amide bonds. The monoisotopic (exact) mass is 240 g/mol. The lowest BCUT2D eigenvalue weighted by Gasteiger charge is -2.10. The van der Waals surface area contributed by atoms with Crippen molar-refractivity contribution in [1.29, 1.82) is 0 Å². The maximum absolute atomic E-state index is 13.3. The summed E-state index contributed by atoms with van der Waals surface area (Å²) in [6.07, 6.45) is 0.409. The SMILES string of the molecule is Cc1ccc(C(O)c2ccoc2Cl)cc1F. The Morgan fingerprint density at radius 3 is 2.69 bits per heavy atom. The van der Waals surface area contributed by atoms with Crippen LogP contribution in [-0.2, 0) is 0 Å². The Bertz CT molecular complexity index is 507. The number of hydrogen-bond donors (Lipinski definition) is 1. The van der Waals surface area contributed by atoms with Gasteiger partial charge in [-0.3, -0.25) is 0 Å². The molecule has 0 aliphatic heterocycles. The first-order valence-corrected chi connectivity index (χ1v) is 5.14. The molecular weight excluding hydrogens is 231 g/mol. The van der Waals surface area contributed by atoms with Crippen molar-refractivity contribution >= 4 is 11.6 Å². The van der Waals surface area contributed by atoms with Gasteiger partial charge in [-0.1, -0.05) is 12.1 Å². The number of benzene rings is 1. The quantitative estimate of drug-likeness (QED) is 0.872. The molecule has 0 spiro atoms. The molecule has 2 aromatic rings. The molecule has 2 nitrogen and oxygen atoms in total. The molecule has 84 valence electrons. The van der Waals surface area contributed by atoms with Crippen molar-refractivity contribution in [2.75, 3.05) is 0 Å². The summed E-state index contributed by atoms with van der Waals surface area (Å²) in [4.78, 5) is 0. The van der Waals surface area contributed by atoms with E-state index in [9.17, 15) is 9.50 Å². The Balaban J connectivity index is 2.38. The summed E-state index contributed by atoms with van der Waals surface area (Å²) in [5, 5.41) is 10.1. The molecule has 1 heterocycles. The molecular formula is C12H10ClFO2. The Hall–Kier alpha value is -1.32. The Labute approximate surface area is 97.3 Å². The van der Waals surface area contributed by atoms with E-state index in [2.05, 4.69) is 0 Å². The lowest BCUT2D eigenvalue weighted by atomic mass is 10.0. The predicted molar refractivity (Wildman–Crippen MR) is 58.9 cm³/mol. The van der Waals surface area contributed by atoms with Crippen LogP contribution in [0.2, 0.25) is 5.22 Å². The first kappa shape index (κ1) is 11.2. The molecule has 4 heteroatoms. The van der Waals surface area contributed by atoms with Crippen molar-refractivity contribution in [2.45, 2.75) is 13.0 Å². The maximum atomic E-state index is 13.3. The lowest BCUT2D eigenvalue weighted by Crippen LogP contribution is -2.00. The van der Waals surface area contributed by atoms with Crippen LogP contribution in [-0.4, -0.2) is 5.11 Å². The van der Waals surface area contributed by atoms with E-state index in [1.807, 2.05) is 0 Å². The zero-order valence-electron chi connectivity index (χ0n) is 8.58. The third-order valence-electron chi connectivity index (χ3n) is 2.45. The molecule has 2 rings (SSSR count). The maximum Gasteiger partial charge on any atom is 0.199 e. The van der Waals surface area contributed by atoms with E-state index in [4.69, 9.17) is 16.0 Å². The van der Waals surface area contributed by atoms with E-state index >= 15 is 0 Å². The molecule has 0 saturated heterocycles. The third-order valence-corrected chi connectivity index (χ3v) is 2.76. The Morgan fingerprint density at radius 2 is 2.12 bits per heavy atom. The largest absolute Gasteiger partial charge is 0.453 e. The summed E-state index contributed by atoms with van der Waals surface area (Å²) < 4.78 is 18.2. The van der Waals surface area contributed by atoms with Gasteiger partial charge in [0.2, 0.25) is 0 Å². The van der Waals surface area contributed by atoms with Gasteiger partial charge < -0.3 is 9.52 Å². The smallest absolute Gasteiger partial charge is 0.199 e. The summed E-state index contributed by atoms with van der Waals surface area (Å²) >= 11 is 5.74. The minimum atomic E-state index is -0.971. The fraction of sp³-hybridized carbons (Fsp3) is 0.167. The molecule has 16 heavy (non-hydrogen) atoms. The highest BCUT2D eigenvalue weighted by molar-refractivity contribution is 6.29. The highest BCUT2D eigenvalue weighted by Crippen LogP contribution is 2.29. The lowest BCUT2D eigenvalue weighted by molar-refractivity contribution is 0.219. The summed E-state index contributed by atoms with van der Waals surface area (Å²) in [7, 11) is 0. The van der Waals surface area contributed by atoms with Crippen molar-refractivity contribution in [3.63, 3.8) is 0 Å². The first-order chi connectivity index (χ1) is 7.59. The van der Waals surface area contributed by atoms with Gasteiger partial charge >= 0.3 is 0 Å². The average Bonchev–Trinajstić information content (AvgIpc) is 2.67. The molecule has 0 aliphatic rings. The number of furan rings is 1. The van der Waals surface area contributed by atoms with Gasteiger partial charge in [-0.25, -0.2) is 4.39 Å². The van der Waals surface area contributed by atoms with Gasteiger partial charge in [-0.2, -0.15) is 0 Å². The molecule has 0 aliphatic carbocycles. The van der Waals surface area contributed by atoms with Crippen LogP contribution in [0.4, 0.5) is 4.39 Å². The van der Waals surface area contributed by atoms with Crippen molar-refractivity contribution < 1.29 is 13.9 Å². The van der Waals surface area contributed by atoms with Crippen LogP contribution >= 0.6 is 11.6 Å². The highest BCUT2D eigenvalue weighted by Gasteiger charge is 2.16. The van der Waals surface area contributed by atoms with E-state index < -0.39 is 6.10 Å². The molecule has 1 unspecified atom stereocenters. The number of aliphatic hydroxyl groups excluding tert-OH is 1. The molecule has 0 saturated carbocycles. The van der Waals surface area contributed by atoms with E-state index in [1.165, 1.54) is 12.3 Å². The normalized spacial score (nSPS) is 12.8. The summed E-state index contributed by atoms with van der Waals surface area (Å²) in [6, 6.07) is 6.13. The van der Waals surface area contributed by atoms with Crippen LogP contribution in [0.5, 0.6) is 0 Å². The van der Waals surface area contributed by atoms with E-state index in [1.54, 1.807) is 25.1 Å². The van der Waals surface area contributed by atoms with Crippen molar-refractivity contribution in [2.24, 2.45) is 0 Å². The van der Waals surface area contributed by atoms with Gasteiger partial charge in [0.15, 0.2) is 5.22 Å². The fourth-order valence-corrected chi connectivity index (χ4v) is 1.68. The van der Waals surface area contributed by atoms with E-state index in [0.29, 0.717) is 16.7 Å². The number of hydrogen-bond acceptors (Lipinski definition) is 2. The highest BCUT2D eigenvalue weighted by atomic mass is 35.5. The number of rotatable bonds is 2. The van der Waals surface area contributed by atoms with Gasteiger partial charge in [-0.05, 0) is 41.8 Å². The van der Waals surface area contributed by atoms with Gasteiger partial charge in [-0.15, -0.1) is 0 Å². The standard InChI is InChI=1S/C12H10ClFO2/c1-7-2-3-8(6-10(7)14)11(15)9-4-5-16-12(9)13/h2-6,11,15H,1H3. The van der Waals surface area contributed by atoms with Crippen molar-refractivity contribution in [3.8, 4) is 0 Å². The number of halogens is 2. The van der Waals surface area contributed by atoms with Crippen LogP contribution in [0, 0.1) is 12.7 Å². The predicted octanol–water partition coefficient (Wildman–Crippen LogP) is 3.46. The third kappa shape index (κ3) is 1.96. The number of aliphatic hydroxyl groups is 1. The van der Waals surface area contributed by atoms with Crippen molar-refractivity contribution in [1.82, 2.24) is 0 Å².